The number of esters is 1. The minimum atomic E-state index is -0.725. The quantitative estimate of drug-likeness (QED) is 0.445. The second-order valence-electron chi connectivity index (χ2n) is 9.10. The van der Waals surface area contributed by atoms with Crippen LogP contribution in [0.1, 0.15) is 23.1 Å². The Morgan fingerprint density at radius 3 is 1.91 bits per heavy atom. The molecule has 2 heterocycles. The molecule has 1 atom stereocenters. The third kappa shape index (κ3) is 5.38. The molecule has 6 nitrogen and oxygen atoms in total. The van der Waals surface area contributed by atoms with Gasteiger partial charge in [-0.3, -0.25) is 14.5 Å². The van der Waals surface area contributed by atoms with Crippen molar-refractivity contribution in [1.82, 2.24) is 4.90 Å². The smallest absolute Gasteiger partial charge is 0.321 e. The highest BCUT2D eigenvalue weighted by Crippen LogP contribution is 2.43. The summed E-state index contributed by atoms with van der Waals surface area (Å²) in [6.07, 6.45) is 0.576. The van der Waals surface area contributed by atoms with Crippen LogP contribution < -0.4 is 4.90 Å². The summed E-state index contributed by atoms with van der Waals surface area (Å²) in [6.45, 7) is 6.60. The Hall–Kier alpha value is -3.64. The first kappa shape index (κ1) is 24.5. The Bertz CT molecular complexity index is 1060. The van der Waals surface area contributed by atoms with Gasteiger partial charge in [-0.2, -0.15) is 0 Å². The number of carboxylic acid groups (broad SMARTS) is 1. The Morgan fingerprint density at radius 2 is 1.40 bits per heavy atom. The van der Waals surface area contributed by atoms with Gasteiger partial charge in [0.2, 0.25) is 0 Å². The normalized spacial score (nSPS) is 19.4. The molecule has 0 saturated carbocycles. The molecular weight excluding hydrogens is 440 g/mol. The molecule has 5 rings (SSSR count). The van der Waals surface area contributed by atoms with Gasteiger partial charge in [-0.25, -0.2) is 0 Å². The number of benzene rings is 3. The number of cyclic esters (lactones) is 1. The molecule has 35 heavy (non-hydrogen) atoms. The number of anilines is 1. The largest absolute Gasteiger partial charge is 0.483 e. The molecular formula is C29H32N2O4. The number of carbonyl (C=O) groups excluding carboxylic acids is 1. The van der Waals surface area contributed by atoms with Crippen molar-refractivity contribution in [1.29, 1.82) is 0 Å². The van der Waals surface area contributed by atoms with Crippen LogP contribution in [-0.4, -0.2) is 61.3 Å². The average molecular weight is 473 g/mol. The fourth-order valence-electron chi connectivity index (χ4n) is 5.14. The maximum Gasteiger partial charge on any atom is 0.321 e. The number of carbonyl (C=O) groups is 2. The van der Waals surface area contributed by atoms with Crippen LogP contribution in [0.25, 0.3) is 0 Å². The van der Waals surface area contributed by atoms with Gasteiger partial charge < -0.3 is 14.7 Å². The standard InChI is InChI=1S/C28H30N2O2.CH2O2/c1-22-12-14-25(15-13-22)30-18-16-29(17-19-30)21-26-20-28(27(31)32-26,23-8-4-2-5-9-23)24-10-6-3-7-11-24;2-1-3/h2-15,26H,16-21H2,1H3;1H,(H,2,3). The minimum Gasteiger partial charge on any atom is -0.483 e. The van der Waals surface area contributed by atoms with E-state index in [1.165, 1.54) is 11.3 Å². The minimum absolute atomic E-state index is 0.103. The van der Waals surface area contributed by atoms with Gasteiger partial charge in [0, 0.05) is 44.8 Å². The molecule has 0 aromatic heterocycles. The zero-order valence-electron chi connectivity index (χ0n) is 20.0. The van der Waals surface area contributed by atoms with Crippen LogP contribution in [0.4, 0.5) is 5.69 Å². The van der Waals surface area contributed by atoms with Crippen molar-refractivity contribution in [3.63, 3.8) is 0 Å². The van der Waals surface area contributed by atoms with Crippen LogP contribution in [0.15, 0.2) is 84.9 Å². The van der Waals surface area contributed by atoms with E-state index in [2.05, 4.69) is 65.3 Å². The molecule has 2 aliphatic heterocycles. The Labute approximate surface area is 206 Å². The molecule has 182 valence electrons. The number of ether oxygens (including phenoxy) is 1. The Balaban J connectivity index is 0.000000917. The van der Waals surface area contributed by atoms with Gasteiger partial charge in [-0.15, -0.1) is 0 Å². The molecule has 0 bridgehead atoms. The monoisotopic (exact) mass is 472 g/mol. The highest BCUT2D eigenvalue weighted by molar-refractivity contribution is 5.89. The van der Waals surface area contributed by atoms with E-state index in [0.29, 0.717) is 6.42 Å². The van der Waals surface area contributed by atoms with Crippen molar-refractivity contribution in [3.05, 3.63) is 102 Å². The topological polar surface area (TPSA) is 70.1 Å². The van der Waals surface area contributed by atoms with Crippen LogP contribution in [0.5, 0.6) is 0 Å². The van der Waals surface area contributed by atoms with Crippen LogP contribution in [0, 0.1) is 6.92 Å². The van der Waals surface area contributed by atoms with E-state index in [9.17, 15) is 4.79 Å². The zero-order chi connectivity index (χ0) is 24.7. The predicted molar refractivity (Wildman–Crippen MR) is 137 cm³/mol. The van der Waals surface area contributed by atoms with E-state index in [1.807, 2.05) is 36.4 Å². The number of aryl methyl sites for hydroxylation is 1. The lowest BCUT2D eigenvalue weighted by molar-refractivity contribution is -0.145. The molecule has 2 aliphatic rings. The lowest BCUT2D eigenvalue weighted by Gasteiger charge is -2.37. The van der Waals surface area contributed by atoms with Gasteiger partial charge in [0.15, 0.2) is 0 Å². The predicted octanol–water partition coefficient (Wildman–Crippen LogP) is 4.12. The Morgan fingerprint density at radius 1 is 0.886 bits per heavy atom. The van der Waals surface area contributed by atoms with E-state index in [1.54, 1.807) is 0 Å². The van der Waals surface area contributed by atoms with Gasteiger partial charge in [-0.1, -0.05) is 78.4 Å². The van der Waals surface area contributed by atoms with Crippen molar-refractivity contribution in [2.24, 2.45) is 0 Å². The average Bonchev–Trinajstić information content (AvgIpc) is 3.23. The number of piperazine rings is 1. The summed E-state index contributed by atoms with van der Waals surface area (Å²) in [7, 11) is 0. The number of hydrogen-bond acceptors (Lipinski definition) is 5. The fourth-order valence-corrected chi connectivity index (χ4v) is 5.14. The van der Waals surface area contributed by atoms with E-state index < -0.39 is 5.41 Å². The third-order valence-corrected chi connectivity index (χ3v) is 6.92. The second kappa shape index (κ2) is 11.2. The molecule has 0 spiro atoms. The van der Waals surface area contributed by atoms with Gasteiger partial charge >= 0.3 is 5.97 Å². The molecule has 0 amide bonds. The summed E-state index contributed by atoms with van der Waals surface area (Å²) in [5.41, 5.74) is 3.88. The molecule has 3 aromatic carbocycles. The summed E-state index contributed by atoms with van der Waals surface area (Å²) in [5.74, 6) is -0.127. The molecule has 0 radical (unpaired) electrons. The molecule has 1 N–H and O–H groups in total. The van der Waals surface area contributed by atoms with Crippen LogP contribution in [0.3, 0.4) is 0 Å². The lowest BCUT2D eigenvalue weighted by atomic mass is 9.72. The molecule has 6 heteroatoms. The van der Waals surface area contributed by atoms with E-state index in [-0.39, 0.29) is 18.5 Å². The van der Waals surface area contributed by atoms with Crippen LogP contribution in [0.2, 0.25) is 0 Å². The summed E-state index contributed by atoms with van der Waals surface area (Å²) in [6, 6.07) is 29.0. The highest BCUT2D eigenvalue weighted by atomic mass is 16.6. The molecule has 1 unspecified atom stereocenters. The number of hydrogen-bond donors (Lipinski definition) is 1. The fraction of sp³-hybridized carbons (Fsp3) is 0.310. The van der Waals surface area contributed by atoms with Gasteiger partial charge in [0.1, 0.15) is 11.5 Å². The van der Waals surface area contributed by atoms with Crippen molar-refractivity contribution in [2.45, 2.75) is 24.9 Å². The van der Waals surface area contributed by atoms with E-state index in [4.69, 9.17) is 14.6 Å². The summed E-state index contributed by atoms with van der Waals surface area (Å²) in [4.78, 5) is 26.6. The SMILES string of the molecule is Cc1ccc(N2CCN(CC3CC(c4ccccc4)(c4ccccc4)C(=O)O3)CC2)cc1.O=CO. The summed E-state index contributed by atoms with van der Waals surface area (Å²) in [5, 5.41) is 6.89. The van der Waals surface area contributed by atoms with Crippen molar-refractivity contribution in [3.8, 4) is 0 Å². The Kier molecular flexibility index (Phi) is 7.83. The second-order valence-corrected chi connectivity index (χ2v) is 9.10. The maximum atomic E-state index is 13.4. The van der Waals surface area contributed by atoms with Gasteiger partial charge in [0.05, 0.1) is 0 Å². The van der Waals surface area contributed by atoms with Gasteiger partial charge in [0.25, 0.3) is 6.47 Å². The lowest BCUT2D eigenvalue weighted by Crippen LogP contribution is -2.48. The van der Waals surface area contributed by atoms with Crippen molar-refractivity contribution >= 4 is 18.1 Å². The number of nitrogens with zero attached hydrogens (tertiary/aromatic N) is 2. The maximum absolute atomic E-state index is 13.4. The first-order chi connectivity index (χ1) is 17.1. The zero-order valence-corrected chi connectivity index (χ0v) is 20.0. The number of rotatable bonds is 5. The molecule has 2 fully saturated rings. The summed E-state index contributed by atoms with van der Waals surface area (Å²) >= 11 is 0. The van der Waals surface area contributed by atoms with Crippen LogP contribution >= 0.6 is 0 Å². The molecule has 2 saturated heterocycles. The van der Waals surface area contributed by atoms with E-state index >= 15 is 0 Å². The molecule has 3 aromatic rings. The highest BCUT2D eigenvalue weighted by Gasteiger charge is 2.51. The first-order valence-corrected chi connectivity index (χ1v) is 12.0. The van der Waals surface area contributed by atoms with Crippen molar-refractivity contribution in [2.75, 3.05) is 37.6 Å². The van der Waals surface area contributed by atoms with E-state index in [0.717, 1.165) is 43.9 Å². The summed E-state index contributed by atoms with van der Waals surface area (Å²) < 4.78 is 6.02. The first-order valence-electron chi connectivity index (χ1n) is 12.0. The van der Waals surface area contributed by atoms with Crippen LogP contribution in [-0.2, 0) is 19.7 Å². The van der Waals surface area contributed by atoms with Crippen molar-refractivity contribution < 1.29 is 19.4 Å². The molecule has 0 aliphatic carbocycles. The third-order valence-electron chi connectivity index (χ3n) is 6.92. The van der Waals surface area contributed by atoms with Gasteiger partial charge in [-0.05, 0) is 30.2 Å².